The number of likely N-dealkylation sites (tertiary alicyclic amines) is 1. The number of aromatic nitrogens is 3. The van der Waals surface area contributed by atoms with E-state index < -0.39 is 0 Å². The molecule has 1 amide bonds. The van der Waals surface area contributed by atoms with Crippen LogP contribution in [0.1, 0.15) is 34.8 Å². The standard InChI is InChI=1S/C17H20N4O2/c1-12-11-16(20-13(2)19-12)23-14-6-9-21(10-7-14)17(22)15-5-3-4-8-18-15/h3-5,8,11,14H,6-7,9-10H2,1-2H3. The number of nitrogens with zero attached hydrogens (tertiary/aromatic N) is 4. The van der Waals surface area contributed by atoms with Gasteiger partial charge in [0.15, 0.2) is 0 Å². The largest absolute Gasteiger partial charge is 0.474 e. The molecule has 1 saturated heterocycles. The van der Waals surface area contributed by atoms with Crippen molar-refractivity contribution in [2.24, 2.45) is 0 Å². The van der Waals surface area contributed by atoms with Crippen molar-refractivity contribution in [3.8, 4) is 5.88 Å². The van der Waals surface area contributed by atoms with Gasteiger partial charge in [-0.25, -0.2) is 4.98 Å². The van der Waals surface area contributed by atoms with E-state index in [1.54, 1.807) is 12.3 Å². The molecule has 0 atom stereocenters. The Morgan fingerprint density at radius 1 is 1.22 bits per heavy atom. The summed E-state index contributed by atoms with van der Waals surface area (Å²) < 4.78 is 5.95. The van der Waals surface area contributed by atoms with Crippen molar-refractivity contribution in [2.45, 2.75) is 32.8 Å². The van der Waals surface area contributed by atoms with Crippen molar-refractivity contribution in [2.75, 3.05) is 13.1 Å². The molecule has 0 aliphatic carbocycles. The molecule has 3 heterocycles. The van der Waals surface area contributed by atoms with Gasteiger partial charge in [-0.3, -0.25) is 9.78 Å². The maximum absolute atomic E-state index is 12.4. The molecule has 2 aromatic rings. The highest BCUT2D eigenvalue weighted by Gasteiger charge is 2.25. The van der Waals surface area contributed by atoms with Crippen LogP contribution < -0.4 is 4.74 Å². The summed E-state index contributed by atoms with van der Waals surface area (Å²) in [7, 11) is 0. The van der Waals surface area contributed by atoms with Crippen LogP contribution in [0.2, 0.25) is 0 Å². The predicted octanol–water partition coefficient (Wildman–Crippen LogP) is 2.17. The summed E-state index contributed by atoms with van der Waals surface area (Å²) in [5.74, 6) is 1.31. The van der Waals surface area contributed by atoms with Crippen molar-refractivity contribution in [3.05, 3.63) is 47.7 Å². The summed E-state index contributed by atoms with van der Waals surface area (Å²) in [6.45, 7) is 5.12. The van der Waals surface area contributed by atoms with Gasteiger partial charge in [0.1, 0.15) is 17.6 Å². The van der Waals surface area contributed by atoms with Crippen molar-refractivity contribution in [1.29, 1.82) is 0 Å². The van der Waals surface area contributed by atoms with Crippen LogP contribution >= 0.6 is 0 Å². The van der Waals surface area contributed by atoms with Crippen molar-refractivity contribution in [1.82, 2.24) is 19.9 Å². The normalized spacial score (nSPS) is 15.5. The molecule has 0 bridgehead atoms. The maximum atomic E-state index is 12.4. The predicted molar refractivity (Wildman–Crippen MR) is 85.3 cm³/mol. The Labute approximate surface area is 135 Å². The number of ether oxygens (including phenoxy) is 1. The molecule has 1 aliphatic rings. The van der Waals surface area contributed by atoms with Gasteiger partial charge in [-0.2, -0.15) is 4.98 Å². The summed E-state index contributed by atoms with van der Waals surface area (Å²) in [5, 5.41) is 0. The molecular weight excluding hydrogens is 292 g/mol. The minimum absolute atomic E-state index is 0.0159. The zero-order valence-electron chi connectivity index (χ0n) is 13.4. The van der Waals surface area contributed by atoms with E-state index in [1.807, 2.05) is 36.9 Å². The lowest BCUT2D eigenvalue weighted by atomic mass is 10.1. The minimum Gasteiger partial charge on any atom is -0.474 e. The molecule has 0 spiro atoms. The number of pyridine rings is 1. The highest BCUT2D eigenvalue weighted by atomic mass is 16.5. The Balaban J connectivity index is 1.57. The first-order valence-corrected chi connectivity index (χ1v) is 7.81. The molecule has 120 valence electrons. The number of hydrogen-bond donors (Lipinski definition) is 0. The van der Waals surface area contributed by atoms with Gasteiger partial charge in [0, 0.05) is 43.9 Å². The Bertz CT molecular complexity index is 662. The number of piperidine rings is 1. The van der Waals surface area contributed by atoms with Crippen molar-refractivity contribution in [3.63, 3.8) is 0 Å². The van der Waals surface area contributed by atoms with E-state index in [2.05, 4.69) is 15.0 Å². The molecule has 0 aromatic carbocycles. The lowest BCUT2D eigenvalue weighted by Crippen LogP contribution is -2.42. The number of rotatable bonds is 3. The van der Waals surface area contributed by atoms with Crippen LogP contribution in [0.3, 0.4) is 0 Å². The molecule has 6 nitrogen and oxygen atoms in total. The Morgan fingerprint density at radius 3 is 2.65 bits per heavy atom. The maximum Gasteiger partial charge on any atom is 0.272 e. The molecule has 3 rings (SSSR count). The molecule has 2 aromatic heterocycles. The fourth-order valence-electron chi connectivity index (χ4n) is 2.74. The van der Waals surface area contributed by atoms with E-state index in [9.17, 15) is 4.79 Å². The summed E-state index contributed by atoms with van der Waals surface area (Å²) in [4.78, 5) is 26.9. The molecule has 1 fully saturated rings. The first kappa shape index (κ1) is 15.4. The quantitative estimate of drug-likeness (QED) is 0.869. The summed E-state index contributed by atoms with van der Waals surface area (Å²) in [6, 6.07) is 7.23. The van der Waals surface area contributed by atoms with Gasteiger partial charge >= 0.3 is 0 Å². The first-order valence-electron chi connectivity index (χ1n) is 7.81. The second-order valence-electron chi connectivity index (χ2n) is 5.72. The monoisotopic (exact) mass is 312 g/mol. The summed E-state index contributed by atoms with van der Waals surface area (Å²) in [6.07, 6.45) is 3.31. The average Bonchev–Trinajstić information content (AvgIpc) is 2.55. The van der Waals surface area contributed by atoms with E-state index in [-0.39, 0.29) is 12.0 Å². The van der Waals surface area contributed by atoms with E-state index in [0.29, 0.717) is 30.5 Å². The van der Waals surface area contributed by atoms with Crippen LogP contribution in [0.15, 0.2) is 30.5 Å². The van der Waals surface area contributed by atoms with Gasteiger partial charge < -0.3 is 9.64 Å². The molecular formula is C17H20N4O2. The zero-order chi connectivity index (χ0) is 16.2. The summed E-state index contributed by atoms with van der Waals surface area (Å²) in [5.41, 5.74) is 1.39. The lowest BCUT2D eigenvalue weighted by Gasteiger charge is -2.31. The minimum atomic E-state index is -0.0159. The van der Waals surface area contributed by atoms with E-state index >= 15 is 0 Å². The van der Waals surface area contributed by atoms with Gasteiger partial charge in [-0.15, -0.1) is 0 Å². The third-order valence-electron chi connectivity index (χ3n) is 3.84. The van der Waals surface area contributed by atoms with Gasteiger partial charge in [0.05, 0.1) is 0 Å². The molecule has 0 N–H and O–H groups in total. The Kier molecular flexibility index (Phi) is 4.50. The van der Waals surface area contributed by atoms with E-state index in [4.69, 9.17) is 4.74 Å². The molecule has 0 radical (unpaired) electrons. The third-order valence-corrected chi connectivity index (χ3v) is 3.84. The third kappa shape index (κ3) is 3.83. The highest BCUT2D eigenvalue weighted by molar-refractivity contribution is 5.92. The second kappa shape index (κ2) is 6.73. The van der Waals surface area contributed by atoms with E-state index in [0.717, 1.165) is 18.5 Å². The fraction of sp³-hybridized carbons (Fsp3) is 0.412. The van der Waals surface area contributed by atoms with Crippen LogP contribution in [-0.2, 0) is 0 Å². The molecule has 0 unspecified atom stereocenters. The lowest BCUT2D eigenvalue weighted by molar-refractivity contribution is 0.0582. The van der Waals surface area contributed by atoms with Crippen LogP contribution in [0.4, 0.5) is 0 Å². The Hall–Kier alpha value is -2.50. The zero-order valence-corrected chi connectivity index (χ0v) is 13.4. The number of carbonyl (C=O) groups excluding carboxylic acids is 1. The van der Waals surface area contributed by atoms with Crippen LogP contribution in [0.5, 0.6) is 5.88 Å². The molecule has 1 aliphatic heterocycles. The fourth-order valence-corrected chi connectivity index (χ4v) is 2.74. The van der Waals surface area contributed by atoms with Gasteiger partial charge in [0.2, 0.25) is 5.88 Å². The van der Waals surface area contributed by atoms with Crippen molar-refractivity contribution < 1.29 is 9.53 Å². The first-order chi connectivity index (χ1) is 11.1. The molecule has 6 heteroatoms. The molecule has 0 saturated carbocycles. The van der Waals surface area contributed by atoms with Gasteiger partial charge in [-0.1, -0.05) is 6.07 Å². The average molecular weight is 312 g/mol. The topological polar surface area (TPSA) is 68.2 Å². The smallest absolute Gasteiger partial charge is 0.272 e. The van der Waals surface area contributed by atoms with E-state index in [1.165, 1.54) is 0 Å². The highest BCUT2D eigenvalue weighted by Crippen LogP contribution is 2.19. The van der Waals surface area contributed by atoms with Crippen LogP contribution in [-0.4, -0.2) is 45.0 Å². The van der Waals surface area contributed by atoms with Crippen molar-refractivity contribution >= 4 is 5.91 Å². The number of hydrogen-bond acceptors (Lipinski definition) is 5. The second-order valence-corrected chi connectivity index (χ2v) is 5.72. The summed E-state index contributed by atoms with van der Waals surface area (Å²) >= 11 is 0. The van der Waals surface area contributed by atoms with Crippen LogP contribution in [0, 0.1) is 13.8 Å². The van der Waals surface area contributed by atoms with Crippen LogP contribution in [0.25, 0.3) is 0 Å². The van der Waals surface area contributed by atoms with Gasteiger partial charge in [0.25, 0.3) is 5.91 Å². The SMILES string of the molecule is Cc1cc(OC2CCN(C(=O)c3ccccn3)CC2)nc(C)n1. The molecule has 23 heavy (non-hydrogen) atoms. The number of amides is 1. The van der Waals surface area contributed by atoms with Gasteiger partial charge in [-0.05, 0) is 26.0 Å². The number of carbonyl (C=O) groups is 1. The number of aryl methyl sites for hydroxylation is 2. The Morgan fingerprint density at radius 2 is 2.00 bits per heavy atom.